The van der Waals surface area contributed by atoms with Crippen LogP contribution in [0.25, 0.3) is 43.4 Å². The second kappa shape index (κ2) is 57.4. The molecule has 3 aliphatic heterocycles. The predicted molar refractivity (Wildman–Crippen MR) is 463 cm³/mol. The molecule has 0 saturated carbocycles. The van der Waals surface area contributed by atoms with E-state index in [1.807, 2.05) is 133 Å². The lowest BCUT2D eigenvalue weighted by Gasteiger charge is -1.94. The molecule has 13 nitrogen and oxygen atoms in total. The van der Waals surface area contributed by atoms with E-state index in [0.29, 0.717) is 23.4 Å². The number of ketones is 1. The molecule has 4 aromatic heterocycles. The van der Waals surface area contributed by atoms with Crippen LogP contribution in [0.15, 0.2) is 228 Å². The summed E-state index contributed by atoms with van der Waals surface area (Å²) < 4.78 is 20.3. The highest BCUT2D eigenvalue weighted by Crippen LogP contribution is 2.30. The van der Waals surface area contributed by atoms with E-state index in [1.54, 1.807) is 24.5 Å². The van der Waals surface area contributed by atoms with Gasteiger partial charge in [0.25, 0.3) is 0 Å². The van der Waals surface area contributed by atoms with Crippen molar-refractivity contribution in [1.82, 2.24) is 25.3 Å². The Morgan fingerprint density at radius 3 is 1.36 bits per heavy atom. The predicted octanol–water partition coefficient (Wildman–Crippen LogP) is 26.5. The summed E-state index contributed by atoms with van der Waals surface area (Å²) in [5, 5.41) is 10.6. The lowest BCUT2D eigenvalue weighted by atomic mass is 10.1. The van der Waals surface area contributed by atoms with Gasteiger partial charge in [-0.15, -0.1) is 11.8 Å². The number of nitrogens with one attached hydrogen (secondary N) is 3. The second-order valence-electron chi connectivity index (χ2n) is 30.8. The van der Waals surface area contributed by atoms with Gasteiger partial charge in [-0.1, -0.05) is 305 Å². The van der Waals surface area contributed by atoms with Gasteiger partial charge in [0.1, 0.15) is 22.4 Å². The number of oxazole rings is 1. The monoisotopic (exact) mass is 1500 g/mol. The number of aryl methyl sites for hydroxylation is 2. The number of benzene rings is 8. The number of imidazole rings is 1. The highest BCUT2D eigenvalue weighted by molar-refractivity contribution is 7.99. The molecule has 0 spiro atoms. The van der Waals surface area contributed by atoms with E-state index in [4.69, 9.17) is 13.6 Å². The summed E-state index contributed by atoms with van der Waals surface area (Å²) in [5.74, 6) is 8.91. The number of carbonyl (C=O) groups is 1. The van der Waals surface area contributed by atoms with Crippen molar-refractivity contribution in [2.75, 3.05) is 24.2 Å². The van der Waals surface area contributed by atoms with Crippen molar-refractivity contribution >= 4 is 78.0 Å². The maximum Gasteiger partial charge on any atom is 0.417 e. The Balaban J connectivity index is 0.000000580. The fourth-order valence-corrected chi connectivity index (χ4v) is 9.94. The van der Waals surface area contributed by atoms with Gasteiger partial charge in [0.15, 0.2) is 11.4 Å². The Kier molecular flexibility index (Phi) is 51.6. The van der Waals surface area contributed by atoms with E-state index >= 15 is 0 Å². The first-order valence-corrected chi connectivity index (χ1v) is 40.1. The Labute approximate surface area is 651 Å². The Morgan fingerprint density at radius 2 is 0.841 bits per heavy atom. The first-order valence-electron chi connectivity index (χ1n) is 38.3. The normalized spacial score (nSPS) is 11.6. The Bertz CT molecular complexity index is 3740. The van der Waals surface area contributed by atoms with Crippen LogP contribution in [0.2, 0.25) is 0 Å². The van der Waals surface area contributed by atoms with E-state index < -0.39 is 5.76 Å². The van der Waals surface area contributed by atoms with Gasteiger partial charge < -0.3 is 23.9 Å². The number of nitrogens with zero attached hydrogens (tertiary/aromatic N) is 3. The van der Waals surface area contributed by atoms with E-state index in [1.165, 1.54) is 51.4 Å². The third-order valence-corrected chi connectivity index (χ3v) is 13.8. The summed E-state index contributed by atoms with van der Waals surface area (Å²) in [6, 6.07) is 63.1. The molecule has 0 bridgehead atoms. The quantitative estimate of drug-likeness (QED) is 0.131. The third kappa shape index (κ3) is 48.9. The number of hydrogen-bond acceptors (Lipinski definition) is 13. The van der Waals surface area contributed by atoms with Crippen molar-refractivity contribution in [2.45, 2.75) is 203 Å². The molecule has 1 aliphatic carbocycles. The highest BCUT2D eigenvalue weighted by atomic mass is 32.2. The maximum atomic E-state index is 11.1. The smallest absolute Gasteiger partial charge is 0.417 e. The van der Waals surface area contributed by atoms with E-state index in [0.717, 1.165) is 128 Å². The number of anilines is 1. The summed E-state index contributed by atoms with van der Waals surface area (Å²) in [4.78, 5) is 43.1. The molecular weight excluding hydrogens is 1370 g/mol. The number of para-hydroxylation sites is 7. The van der Waals surface area contributed by atoms with Crippen LogP contribution in [0, 0.1) is 47.3 Å². The van der Waals surface area contributed by atoms with Crippen LogP contribution in [-0.2, 0) is 25.7 Å². The van der Waals surface area contributed by atoms with E-state index in [-0.39, 0.29) is 4.94 Å². The Morgan fingerprint density at radius 1 is 0.393 bits per heavy atom. The van der Waals surface area contributed by atoms with Crippen molar-refractivity contribution in [3.63, 3.8) is 0 Å². The molecule has 7 heterocycles. The van der Waals surface area contributed by atoms with Gasteiger partial charge in [0.05, 0.1) is 34.2 Å². The van der Waals surface area contributed by atoms with Gasteiger partial charge in [-0.2, -0.15) is 0 Å². The van der Waals surface area contributed by atoms with Crippen LogP contribution in [0.1, 0.15) is 205 Å². The topological polar surface area (TPSA) is 182 Å². The third-order valence-electron chi connectivity index (χ3n) is 11.9. The standard InChI is InChI=1S/C9H8O.C8H9N.C8H8O.C8H8S.C7H6N2.C7H5NO2.C7H4O2S.C6H4N2O.8C4H10/c10-9-6-5-7-3-1-2-4-8(7)9;3*1-2-4-8-7(3-1)5-6-9-8;1-2-4-7-6(3-1)8-5-9-7;9-7-8-5-3-1-2-4-6(5)10-7;8-7-9-5-3-1-2-4-6(5)10-7;1-2-4-6-5(3-1)7-9-8-6;8*1-4(2)3/h1-4H,5-6H2;1-4,9H,5-6H2;2*1-4H,5-6H2;1-5H,(H,8,9);1-4H,(H,8,9);1-4H;1-4H;8*4H,1-3H3. The van der Waals surface area contributed by atoms with Gasteiger partial charge in [-0.05, 0) is 166 Å². The number of Topliss-reactive ketones (excluding diaryl/α,β-unsaturated/α-hetero) is 1. The number of rotatable bonds is 0. The molecule has 4 aliphatic rings. The van der Waals surface area contributed by atoms with Gasteiger partial charge in [-0.3, -0.25) is 9.78 Å². The lowest BCUT2D eigenvalue weighted by Crippen LogP contribution is -1.92. The average molecular weight is 1500 g/mol. The molecule has 584 valence electrons. The summed E-state index contributed by atoms with van der Waals surface area (Å²) in [6.07, 6.45) is 6.88. The summed E-state index contributed by atoms with van der Waals surface area (Å²) in [7, 11) is 0. The molecule has 0 unspecified atom stereocenters. The van der Waals surface area contributed by atoms with Crippen LogP contribution >= 0.6 is 23.1 Å². The number of aromatic amines is 2. The summed E-state index contributed by atoms with van der Waals surface area (Å²) in [5.41, 5.74) is 13.5. The zero-order valence-electron chi connectivity index (χ0n) is 69.3. The van der Waals surface area contributed by atoms with Crippen LogP contribution in [0.5, 0.6) is 5.75 Å². The van der Waals surface area contributed by atoms with Gasteiger partial charge in [0, 0.05) is 41.3 Å². The molecular formula is C92H132N6O7S2. The number of carbonyl (C=O) groups excluding carboxylic acids is 1. The van der Waals surface area contributed by atoms with Crippen molar-refractivity contribution in [2.24, 2.45) is 47.3 Å². The van der Waals surface area contributed by atoms with Gasteiger partial charge >= 0.3 is 10.7 Å². The molecule has 15 heteroatoms. The van der Waals surface area contributed by atoms with Crippen molar-refractivity contribution in [3.05, 3.63) is 249 Å². The number of fused-ring (bicyclic) bond motifs is 8. The fourth-order valence-electron chi connectivity index (χ4n) is 8.20. The molecule has 0 amide bonds. The second-order valence-corrected chi connectivity index (χ2v) is 32.9. The fraction of sp³-hybridized carbons (Fsp3) is 0.435. The first kappa shape index (κ1) is 96.2. The molecule has 8 aromatic carbocycles. The van der Waals surface area contributed by atoms with Crippen molar-refractivity contribution < 1.29 is 23.0 Å². The lowest BCUT2D eigenvalue weighted by molar-refractivity contribution is 0.0994. The average Bonchev–Trinajstić information content (AvgIpc) is 1.72. The molecule has 0 radical (unpaired) electrons. The SMILES string of the molecule is CC(C)C.CC(C)C.CC(C)C.CC(C)C.CC(C)C.CC(C)C.CC(C)C.CC(C)C.O=C1CCc2ccccc21.O=c1[nH]c2ccccc2o1.O=c1oc2ccccc2s1.c1ccc2[nH]cnc2c1.c1ccc2c(c1)CCN2.c1ccc2c(c1)CCO2.c1ccc2c(c1)CCS2.c1ccc2nonc2c1. The highest BCUT2D eigenvalue weighted by Gasteiger charge is 2.17. The van der Waals surface area contributed by atoms with Crippen LogP contribution < -0.4 is 20.7 Å². The van der Waals surface area contributed by atoms with Gasteiger partial charge in [0.2, 0.25) is 0 Å². The molecule has 0 saturated heterocycles. The minimum atomic E-state index is -0.402. The molecule has 12 aromatic rings. The number of hydrogen-bond donors (Lipinski definition) is 3. The minimum absolute atomic E-state index is 0.235. The molecule has 16 rings (SSSR count). The van der Waals surface area contributed by atoms with Crippen LogP contribution in [0.4, 0.5) is 5.69 Å². The molecule has 0 atom stereocenters. The maximum absolute atomic E-state index is 11.1. The van der Waals surface area contributed by atoms with Crippen molar-refractivity contribution in [1.29, 1.82) is 0 Å². The molecule has 3 N–H and O–H groups in total. The molecule has 0 fully saturated rings. The zero-order valence-corrected chi connectivity index (χ0v) is 71.0. The zero-order chi connectivity index (χ0) is 80.1. The number of aromatic nitrogens is 5. The van der Waals surface area contributed by atoms with E-state index in [2.05, 4.69) is 256 Å². The largest absolute Gasteiger partial charge is 0.493 e. The number of H-pyrrole nitrogens is 2. The van der Waals surface area contributed by atoms with Crippen molar-refractivity contribution in [3.8, 4) is 5.75 Å². The minimum Gasteiger partial charge on any atom is -0.493 e. The Hall–Kier alpha value is -8.79. The summed E-state index contributed by atoms with van der Waals surface area (Å²) in [6.45, 7) is 54.0. The number of thioether (sulfide) groups is 1. The van der Waals surface area contributed by atoms with Crippen LogP contribution in [-0.4, -0.2) is 50.0 Å². The molecule has 107 heavy (non-hydrogen) atoms. The summed E-state index contributed by atoms with van der Waals surface area (Å²) >= 11 is 3.10. The van der Waals surface area contributed by atoms with Crippen LogP contribution in [0.3, 0.4) is 0 Å². The number of ether oxygens (including phenoxy) is 1. The van der Waals surface area contributed by atoms with Gasteiger partial charge in [-0.25, -0.2) is 19.2 Å². The van der Waals surface area contributed by atoms with E-state index in [9.17, 15) is 14.4 Å². The first-order chi connectivity index (χ1) is 50.8.